The molecule has 2 aromatic carbocycles. The summed E-state index contributed by atoms with van der Waals surface area (Å²) in [6.45, 7) is 2.89. The van der Waals surface area contributed by atoms with Gasteiger partial charge in [0.05, 0.1) is 6.61 Å². The van der Waals surface area contributed by atoms with Crippen molar-refractivity contribution in [2.75, 3.05) is 34.3 Å². The predicted octanol–water partition coefficient (Wildman–Crippen LogP) is 3.64. The molecule has 0 fully saturated rings. The molecule has 0 aliphatic heterocycles. The van der Waals surface area contributed by atoms with Crippen molar-refractivity contribution in [2.24, 2.45) is 4.99 Å². The first-order valence-corrected chi connectivity index (χ1v) is 9.12. The second-order valence-electron chi connectivity index (χ2n) is 6.56. The number of ether oxygens (including phenoxy) is 1. The summed E-state index contributed by atoms with van der Waals surface area (Å²) in [5.74, 6) is 1.32. The molecule has 154 valence electrons. The number of hydrogen-bond donors (Lipinski definition) is 2. The molecule has 0 heterocycles. The minimum atomic E-state index is -0.235. The zero-order chi connectivity index (χ0) is 19.5. The van der Waals surface area contributed by atoms with E-state index in [4.69, 9.17) is 4.74 Å². The van der Waals surface area contributed by atoms with Crippen LogP contribution in [-0.4, -0.2) is 45.2 Å². The van der Waals surface area contributed by atoms with Gasteiger partial charge in [0.1, 0.15) is 11.6 Å². The Bertz CT molecular complexity index is 723. The molecule has 28 heavy (non-hydrogen) atoms. The van der Waals surface area contributed by atoms with Gasteiger partial charge in [0, 0.05) is 26.7 Å². The largest absolute Gasteiger partial charge is 0.494 e. The smallest absolute Gasteiger partial charge is 0.191 e. The number of rotatable bonds is 9. The lowest BCUT2D eigenvalue weighted by Gasteiger charge is -2.13. The molecule has 2 rings (SSSR count). The molecule has 0 amide bonds. The third-order valence-corrected chi connectivity index (χ3v) is 3.97. The van der Waals surface area contributed by atoms with E-state index in [1.165, 1.54) is 12.1 Å². The van der Waals surface area contributed by atoms with Gasteiger partial charge in [-0.25, -0.2) is 4.39 Å². The molecule has 2 N–H and O–H groups in total. The highest BCUT2D eigenvalue weighted by Crippen LogP contribution is 2.12. The van der Waals surface area contributed by atoms with Crippen LogP contribution < -0.4 is 15.4 Å². The Hall–Kier alpha value is -1.87. The monoisotopic (exact) mass is 500 g/mol. The average Bonchev–Trinajstić information content (AvgIpc) is 2.66. The van der Waals surface area contributed by atoms with Crippen LogP contribution in [0.1, 0.15) is 17.5 Å². The summed E-state index contributed by atoms with van der Waals surface area (Å²) < 4.78 is 19.0. The van der Waals surface area contributed by atoms with E-state index in [1.54, 1.807) is 13.1 Å². The third-order valence-electron chi connectivity index (χ3n) is 3.97. The summed E-state index contributed by atoms with van der Waals surface area (Å²) in [7, 11) is 5.83. The van der Waals surface area contributed by atoms with Crippen LogP contribution in [0, 0.1) is 5.82 Å². The van der Waals surface area contributed by atoms with Gasteiger partial charge in [0.25, 0.3) is 0 Å². The summed E-state index contributed by atoms with van der Waals surface area (Å²) in [5, 5.41) is 6.44. The fourth-order valence-corrected chi connectivity index (χ4v) is 2.51. The predicted molar refractivity (Wildman–Crippen MR) is 124 cm³/mol. The van der Waals surface area contributed by atoms with E-state index in [0.29, 0.717) is 25.7 Å². The minimum Gasteiger partial charge on any atom is -0.494 e. The maximum absolute atomic E-state index is 13.2. The van der Waals surface area contributed by atoms with Gasteiger partial charge in [0.15, 0.2) is 5.96 Å². The highest BCUT2D eigenvalue weighted by Gasteiger charge is 2.01. The molecule has 7 heteroatoms. The van der Waals surface area contributed by atoms with Gasteiger partial charge in [-0.15, -0.1) is 24.0 Å². The number of hydrogen-bond acceptors (Lipinski definition) is 3. The number of nitrogens with zero attached hydrogens (tertiary/aromatic N) is 2. The molecule has 2 aromatic rings. The van der Waals surface area contributed by atoms with E-state index >= 15 is 0 Å². The molecule has 0 radical (unpaired) electrons. The zero-order valence-electron chi connectivity index (χ0n) is 16.7. The Labute approximate surface area is 184 Å². The molecule has 0 saturated carbocycles. The first-order valence-electron chi connectivity index (χ1n) is 9.12. The third kappa shape index (κ3) is 9.36. The molecular formula is C21H30FIN4O. The lowest BCUT2D eigenvalue weighted by atomic mass is 10.2. The van der Waals surface area contributed by atoms with E-state index in [1.807, 2.05) is 30.3 Å². The van der Waals surface area contributed by atoms with Crippen molar-refractivity contribution in [1.29, 1.82) is 0 Å². The van der Waals surface area contributed by atoms with E-state index < -0.39 is 0 Å². The number of benzene rings is 2. The highest BCUT2D eigenvalue weighted by molar-refractivity contribution is 14.0. The zero-order valence-corrected chi connectivity index (χ0v) is 19.1. The van der Waals surface area contributed by atoms with E-state index in [0.717, 1.165) is 29.8 Å². The average molecular weight is 500 g/mol. The molecule has 0 bridgehead atoms. The molecule has 0 aliphatic carbocycles. The lowest BCUT2D eigenvalue weighted by molar-refractivity contribution is 0.281. The number of halogens is 2. The van der Waals surface area contributed by atoms with Crippen LogP contribution in [0.5, 0.6) is 5.75 Å². The molecular weight excluding hydrogens is 470 g/mol. The Kier molecular flexibility index (Phi) is 11.5. The van der Waals surface area contributed by atoms with E-state index in [-0.39, 0.29) is 29.8 Å². The van der Waals surface area contributed by atoms with Gasteiger partial charge in [0.2, 0.25) is 0 Å². The van der Waals surface area contributed by atoms with Crippen molar-refractivity contribution < 1.29 is 9.13 Å². The highest BCUT2D eigenvalue weighted by atomic mass is 127. The summed E-state index contributed by atoms with van der Waals surface area (Å²) in [4.78, 5) is 6.34. The standard InChI is InChI=1S/C21H29FN4O.HI/c1-23-21(25-16-18-6-4-7-19(22)14-18)24-15-17-8-10-20(11-9-17)27-13-5-12-26(2)3;/h4,6-11,14H,5,12-13,15-16H2,1-3H3,(H2,23,24,25);1H. The fraction of sp³-hybridized carbons (Fsp3) is 0.381. The minimum absolute atomic E-state index is 0. The Morgan fingerprint density at radius 2 is 1.71 bits per heavy atom. The summed E-state index contributed by atoms with van der Waals surface area (Å²) >= 11 is 0. The van der Waals surface area contributed by atoms with Crippen molar-refractivity contribution in [1.82, 2.24) is 15.5 Å². The number of aliphatic imine (C=N–C) groups is 1. The van der Waals surface area contributed by atoms with Crippen LogP contribution >= 0.6 is 24.0 Å². The van der Waals surface area contributed by atoms with Gasteiger partial charge in [-0.05, 0) is 55.9 Å². The molecule has 0 atom stereocenters. The van der Waals surface area contributed by atoms with Gasteiger partial charge in [-0.3, -0.25) is 4.99 Å². The van der Waals surface area contributed by atoms with Crippen molar-refractivity contribution in [3.05, 3.63) is 65.5 Å². The second-order valence-corrected chi connectivity index (χ2v) is 6.56. The maximum atomic E-state index is 13.2. The van der Waals surface area contributed by atoms with Crippen LogP contribution in [0.25, 0.3) is 0 Å². The first-order chi connectivity index (χ1) is 13.1. The molecule has 0 aliphatic rings. The van der Waals surface area contributed by atoms with E-state index in [9.17, 15) is 4.39 Å². The molecule has 5 nitrogen and oxygen atoms in total. The topological polar surface area (TPSA) is 48.9 Å². The van der Waals surface area contributed by atoms with Crippen molar-refractivity contribution in [2.45, 2.75) is 19.5 Å². The quantitative estimate of drug-likeness (QED) is 0.239. The second kappa shape index (κ2) is 13.3. The van der Waals surface area contributed by atoms with Crippen LogP contribution in [-0.2, 0) is 13.1 Å². The molecule has 0 aromatic heterocycles. The van der Waals surface area contributed by atoms with Gasteiger partial charge < -0.3 is 20.3 Å². The van der Waals surface area contributed by atoms with Crippen molar-refractivity contribution >= 4 is 29.9 Å². The number of guanidine groups is 1. The normalized spacial score (nSPS) is 11.1. The Morgan fingerprint density at radius 3 is 2.32 bits per heavy atom. The van der Waals surface area contributed by atoms with Crippen molar-refractivity contribution in [3.8, 4) is 5.75 Å². The fourth-order valence-electron chi connectivity index (χ4n) is 2.51. The van der Waals surface area contributed by atoms with Crippen LogP contribution in [0.4, 0.5) is 4.39 Å². The van der Waals surface area contributed by atoms with Gasteiger partial charge >= 0.3 is 0 Å². The molecule has 0 saturated heterocycles. The summed E-state index contributed by atoms with van der Waals surface area (Å²) in [6, 6.07) is 14.6. The Balaban J connectivity index is 0.00000392. The number of nitrogens with one attached hydrogen (secondary N) is 2. The van der Waals surface area contributed by atoms with Gasteiger partial charge in [-0.2, -0.15) is 0 Å². The SMILES string of the molecule is CN=C(NCc1ccc(OCCCN(C)C)cc1)NCc1cccc(F)c1.I. The van der Waals surface area contributed by atoms with Crippen LogP contribution in [0.2, 0.25) is 0 Å². The first kappa shape index (κ1) is 24.2. The van der Waals surface area contributed by atoms with Crippen molar-refractivity contribution in [3.63, 3.8) is 0 Å². The maximum Gasteiger partial charge on any atom is 0.191 e. The molecule has 0 spiro atoms. The van der Waals surface area contributed by atoms with E-state index in [2.05, 4.69) is 34.6 Å². The van der Waals surface area contributed by atoms with Gasteiger partial charge in [-0.1, -0.05) is 24.3 Å². The lowest BCUT2D eigenvalue weighted by Crippen LogP contribution is -2.36. The molecule has 0 unspecified atom stereocenters. The van der Waals surface area contributed by atoms with Crippen LogP contribution in [0.3, 0.4) is 0 Å². The Morgan fingerprint density at radius 1 is 1.04 bits per heavy atom. The summed E-state index contributed by atoms with van der Waals surface area (Å²) in [5.41, 5.74) is 2.00. The summed E-state index contributed by atoms with van der Waals surface area (Å²) in [6.07, 6.45) is 1.00. The van der Waals surface area contributed by atoms with Crippen LogP contribution in [0.15, 0.2) is 53.5 Å².